The van der Waals surface area contributed by atoms with E-state index in [1.54, 1.807) is 0 Å². The minimum atomic E-state index is -0.324. The molecule has 0 aliphatic carbocycles. The number of aromatic nitrogens is 1. The fourth-order valence-corrected chi connectivity index (χ4v) is 2.11. The Bertz CT molecular complexity index is 624. The molecule has 5 N–H and O–H groups in total. The van der Waals surface area contributed by atoms with Crippen LogP contribution < -0.4 is 16.8 Å². The van der Waals surface area contributed by atoms with Gasteiger partial charge in [-0.05, 0) is 38.1 Å². The zero-order chi connectivity index (χ0) is 14.0. The van der Waals surface area contributed by atoms with E-state index >= 15 is 0 Å². The van der Waals surface area contributed by atoms with Crippen LogP contribution in [0.2, 0.25) is 0 Å². The number of nitrogens with two attached hydrogens (primary N) is 2. The van der Waals surface area contributed by atoms with Crippen LogP contribution in [0, 0.1) is 6.92 Å². The lowest BCUT2D eigenvalue weighted by molar-refractivity contribution is -0.118. The summed E-state index contributed by atoms with van der Waals surface area (Å²) in [6, 6.07) is 7.50. The Morgan fingerprint density at radius 2 is 2.16 bits per heavy atom. The van der Waals surface area contributed by atoms with Gasteiger partial charge in [0.15, 0.2) is 0 Å². The van der Waals surface area contributed by atoms with Crippen molar-refractivity contribution in [3.05, 3.63) is 30.0 Å². The Morgan fingerprint density at radius 1 is 1.42 bits per heavy atom. The Morgan fingerprint density at radius 3 is 2.84 bits per heavy atom. The fraction of sp³-hybridized carbons (Fsp3) is 0.286. The predicted molar refractivity (Wildman–Crippen MR) is 77.8 cm³/mol. The molecule has 0 saturated heterocycles. The number of pyridine rings is 1. The van der Waals surface area contributed by atoms with Crippen molar-refractivity contribution in [2.75, 3.05) is 11.1 Å². The molecular weight excluding hydrogens is 240 g/mol. The SMILES string of the molecule is Cc1cc(NC(C)CC(N)=O)c2cc(N)ccc2n1. The van der Waals surface area contributed by atoms with Crippen molar-refractivity contribution >= 4 is 28.2 Å². The molecule has 2 rings (SSSR count). The third-order valence-corrected chi connectivity index (χ3v) is 2.87. The Kier molecular flexibility index (Phi) is 3.55. The van der Waals surface area contributed by atoms with Crippen LogP contribution in [0.1, 0.15) is 19.0 Å². The smallest absolute Gasteiger partial charge is 0.219 e. The summed E-state index contributed by atoms with van der Waals surface area (Å²) in [6.07, 6.45) is 0.283. The number of hydrogen-bond acceptors (Lipinski definition) is 4. The summed E-state index contributed by atoms with van der Waals surface area (Å²) in [7, 11) is 0. The molecule has 0 bridgehead atoms. The summed E-state index contributed by atoms with van der Waals surface area (Å²) in [6.45, 7) is 3.85. The van der Waals surface area contributed by atoms with Crippen LogP contribution >= 0.6 is 0 Å². The Balaban J connectivity index is 2.40. The van der Waals surface area contributed by atoms with E-state index in [0.717, 1.165) is 22.3 Å². The van der Waals surface area contributed by atoms with Gasteiger partial charge in [0.2, 0.25) is 5.91 Å². The zero-order valence-corrected chi connectivity index (χ0v) is 11.1. The maximum atomic E-state index is 10.9. The van der Waals surface area contributed by atoms with E-state index in [4.69, 9.17) is 11.5 Å². The minimum Gasteiger partial charge on any atom is -0.399 e. The zero-order valence-electron chi connectivity index (χ0n) is 11.1. The van der Waals surface area contributed by atoms with E-state index < -0.39 is 0 Å². The average Bonchev–Trinajstić information content (AvgIpc) is 2.28. The fourth-order valence-electron chi connectivity index (χ4n) is 2.11. The van der Waals surface area contributed by atoms with Crippen LogP contribution in [0.4, 0.5) is 11.4 Å². The molecule has 0 fully saturated rings. The number of nitrogens with zero attached hydrogens (tertiary/aromatic N) is 1. The van der Waals surface area contributed by atoms with Gasteiger partial charge in [-0.25, -0.2) is 0 Å². The highest BCUT2D eigenvalue weighted by Gasteiger charge is 2.09. The molecule has 0 spiro atoms. The summed E-state index contributed by atoms with van der Waals surface area (Å²) < 4.78 is 0. The lowest BCUT2D eigenvalue weighted by Crippen LogP contribution is -2.24. The van der Waals surface area contributed by atoms with E-state index in [2.05, 4.69) is 10.3 Å². The van der Waals surface area contributed by atoms with Gasteiger partial charge in [-0.1, -0.05) is 0 Å². The number of amides is 1. The molecule has 19 heavy (non-hydrogen) atoms. The van der Waals surface area contributed by atoms with E-state index in [-0.39, 0.29) is 18.4 Å². The van der Waals surface area contributed by atoms with E-state index in [0.29, 0.717) is 5.69 Å². The molecule has 1 aromatic heterocycles. The van der Waals surface area contributed by atoms with Crippen molar-refractivity contribution in [2.45, 2.75) is 26.3 Å². The molecule has 0 aliphatic rings. The molecule has 1 heterocycles. The average molecular weight is 258 g/mol. The number of aryl methyl sites for hydroxylation is 1. The number of carbonyl (C=O) groups excluding carboxylic acids is 1. The number of nitrogens with one attached hydrogen (secondary N) is 1. The molecule has 1 aromatic carbocycles. The van der Waals surface area contributed by atoms with Crippen molar-refractivity contribution in [1.29, 1.82) is 0 Å². The molecule has 1 unspecified atom stereocenters. The first kappa shape index (κ1) is 13.1. The first-order valence-electron chi connectivity index (χ1n) is 6.17. The van der Waals surface area contributed by atoms with E-state index in [1.807, 2.05) is 38.1 Å². The van der Waals surface area contributed by atoms with Gasteiger partial charge in [-0.3, -0.25) is 9.78 Å². The molecule has 0 radical (unpaired) electrons. The van der Waals surface area contributed by atoms with Crippen molar-refractivity contribution in [3.63, 3.8) is 0 Å². The maximum absolute atomic E-state index is 10.9. The van der Waals surface area contributed by atoms with E-state index in [9.17, 15) is 4.79 Å². The summed E-state index contributed by atoms with van der Waals surface area (Å²) >= 11 is 0. The summed E-state index contributed by atoms with van der Waals surface area (Å²) in [4.78, 5) is 15.4. The third kappa shape index (κ3) is 3.13. The number of hydrogen-bond donors (Lipinski definition) is 3. The quantitative estimate of drug-likeness (QED) is 0.729. The monoisotopic (exact) mass is 258 g/mol. The molecule has 5 heteroatoms. The van der Waals surface area contributed by atoms with Crippen LogP contribution in [0.5, 0.6) is 0 Å². The second-order valence-electron chi connectivity index (χ2n) is 4.80. The lowest BCUT2D eigenvalue weighted by atomic mass is 10.1. The van der Waals surface area contributed by atoms with Crippen molar-refractivity contribution < 1.29 is 4.79 Å². The summed E-state index contributed by atoms with van der Waals surface area (Å²) in [5, 5.41) is 4.23. The normalized spacial score (nSPS) is 12.3. The first-order valence-corrected chi connectivity index (χ1v) is 6.17. The molecule has 1 amide bonds. The molecule has 1 atom stereocenters. The first-order chi connectivity index (χ1) is 8.95. The van der Waals surface area contributed by atoms with Crippen LogP contribution in [0.25, 0.3) is 10.9 Å². The number of rotatable bonds is 4. The van der Waals surface area contributed by atoms with Gasteiger partial charge in [-0.15, -0.1) is 0 Å². The van der Waals surface area contributed by atoms with Crippen LogP contribution in [-0.2, 0) is 4.79 Å². The second kappa shape index (κ2) is 5.14. The van der Waals surface area contributed by atoms with Gasteiger partial charge in [-0.2, -0.15) is 0 Å². The van der Waals surface area contributed by atoms with E-state index in [1.165, 1.54) is 0 Å². The van der Waals surface area contributed by atoms with Gasteiger partial charge >= 0.3 is 0 Å². The molecule has 2 aromatic rings. The maximum Gasteiger partial charge on any atom is 0.219 e. The third-order valence-electron chi connectivity index (χ3n) is 2.87. The Hall–Kier alpha value is -2.30. The van der Waals surface area contributed by atoms with Gasteiger partial charge in [0.05, 0.1) is 5.52 Å². The van der Waals surface area contributed by atoms with Gasteiger partial charge in [0.1, 0.15) is 0 Å². The highest BCUT2D eigenvalue weighted by molar-refractivity contribution is 5.93. The lowest BCUT2D eigenvalue weighted by Gasteiger charge is -2.16. The highest BCUT2D eigenvalue weighted by Crippen LogP contribution is 2.26. The second-order valence-corrected chi connectivity index (χ2v) is 4.80. The van der Waals surface area contributed by atoms with Crippen LogP contribution in [0.3, 0.4) is 0 Å². The van der Waals surface area contributed by atoms with Crippen molar-refractivity contribution in [2.24, 2.45) is 5.73 Å². The van der Waals surface area contributed by atoms with Gasteiger partial charge in [0, 0.05) is 34.9 Å². The Labute approximate surface area is 112 Å². The molecular formula is C14H18N4O. The standard InChI is InChI=1S/C14H18N4O/c1-8-5-13(18-9(2)6-14(16)19)11-7-10(15)3-4-12(11)17-8/h3-5,7,9H,6,15H2,1-2H3,(H2,16,19)(H,17,18). The summed E-state index contributed by atoms with van der Waals surface area (Å²) in [5.74, 6) is -0.324. The van der Waals surface area contributed by atoms with Gasteiger partial charge in [0.25, 0.3) is 0 Å². The number of anilines is 2. The molecule has 0 saturated carbocycles. The predicted octanol–water partition coefficient (Wildman–Crippen LogP) is 1.80. The van der Waals surface area contributed by atoms with Crippen LogP contribution in [0.15, 0.2) is 24.3 Å². The largest absolute Gasteiger partial charge is 0.399 e. The summed E-state index contributed by atoms with van der Waals surface area (Å²) in [5.41, 5.74) is 14.4. The van der Waals surface area contributed by atoms with Gasteiger partial charge < -0.3 is 16.8 Å². The van der Waals surface area contributed by atoms with Crippen molar-refractivity contribution in [1.82, 2.24) is 4.98 Å². The number of benzene rings is 1. The number of fused-ring (bicyclic) bond motifs is 1. The number of nitrogen functional groups attached to an aromatic ring is 1. The number of carbonyl (C=O) groups is 1. The molecule has 0 aliphatic heterocycles. The molecule has 100 valence electrons. The van der Waals surface area contributed by atoms with Crippen molar-refractivity contribution in [3.8, 4) is 0 Å². The highest BCUT2D eigenvalue weighted by atomic mass is 16.1. The number of primary amides is 1. The van der Waals surface area contributed by atoms with Crippen LogP contribution in [-0.4, -0.2) is 16.9 Å². The molecule has 5 nitrogen and oxygen atoms in total. The minimum absolute atomic E-state index is 0.0380. The topological polar surface area (TPSA) is 94.0 Å².